The van der Waals surface area contributed by atoms with Crippen molar-refractivity contribution in [2.45, 2.75) is 66.3 Å². The second kappa shape index (κ2) is 9.98. The van der Waals surface area contributed by atoms with Crippen molar-refractivity contribution < 1.29 is 14.2 Å². The van der Waals surface area contributed by atoms with E-state index in [2.05, 4.69) is 39.0 Å². The zero-order valence-electron chi connectivity index (χ0n) is 15.0. The molecule has 0 aliphatic rings. The molecule has 22 heavy (non-hydrogen) atoms. The van der Waals surface area contributed by atoms with Gasteiger partial charge in [0.2, 0.25) is 0 Å². The van der Waals surface area contributed by atoms with Crippen LogP contribution in [0.25, 0.3) is 0 Å². The minimum atomic E-state index is -0.212. The fourth-order valence-corrected chi connectivity index (χ4v) is 2.64. The van der Waals surface area contributed by atoms with Gasteiger partial charge in [-0.1, -0.05) is 32.0 Å². The van der Waals surface area contributed by atoms with Gasteiger partial charge in [-0.25, -0.2) is 0 Å². The van der Waals surface area contributed by atoms with Crippen molar-refractivity contribution in [3.63, 3.8) is 0 Å². The predicted molar refractivity (Wildman–Crippen MR) is 91.3 cm³/mol. The van der Waals surface area contributed by atoms with Gasteiger partial charge in [-0.15, -0.1) is 0 Å². The normalized spacial score (nSPS) is 13.1. The van der Waals surface area contributed by atoms with Gasteiger partial charge in [-0.2, -0.15) is 0 Å². The highest BCUT2D eigenvalue weighted by Gasteiger charge is 2.21. The molecule has 0 amide bonds. The molecule has 0 aromatic heterocycles. The highest BCUT2D eigenvalue weighted by atomic mass is 16.7. The van der Waals surface area contributed by atoms with Crippen LogP contribution in [-0.4, -0.2) is 26.1 Å². The second-order valence-corrected chi connectivity index (χ2v) is 5.79. The highest BCUT2D eigenvalue weighted by molar-refractivity contribution is 5.34. The Morgan fingerprint density at radius 3 is 1.95 bits per heavy atom. The molecule has 0 N–H and O–H groups in total. The summed E-state index contributed by atoms with van der Waals surface area (Å²) in [5.74, 6) is 0.540. The van der Waals surface area contributed by atoms with Gasteiger partial charge < -0.3 is 14.2 Å². The SMILES string of the molecule is CCOC(CC(OCC)c1ccc(C(C)C)cc1C)OCC. The fourth-order valence-electron chi connectivity index (χ4n) is 2.64. The van der Waals surface area contributed by atoms with E-state index in [1.807, 2.05) is 20.8 Å². The number of rotatable bonds is 10. The molecule has 0 aliphatic carbocycles. The molecule has 1 aromatic carbocycles. The third-order valence-corrected chi connectivity index (χ3v) is 3.79. The first-order valence-corrected chi connectivity index (χ1v) is 8.48. The van der Waals surface area contributed by atoms with E-state index in [1.54, 1.807) is 0 Å². The quantitative estimate of drug-likeness (QED) is 0.570. The summed E-state index contributed by atoms with van der Waals surface area (Å²) >= 11 is 0. The van der Waals surface area contributed by atoms with Gasteiger partial charge in [-0.05, 0) is 50.3 Å². The van der Waals surface area contributed by atoms with Crippen LogP contribution in [0.2, 0.25) is 0 Å². The van der Waals surface area contributed by atoms with Crippen LogP contribution in [0.4, 0.5) is 0 Å². The van der Waals surface area contributed by atoms with Crippen molar-refractivity contribution in [3.05, 3.63) is 34.9 Å². The lowest BCUT2D eigenvalue weighted by Crippen LogP contribution is -2.22. The maximum absolute atomic E-state index is 5.97. The Bertz CT molecular complexity index is 423. The Balaban J connectivity index is 2.93. The lowest BCUT2D eigenvalue weighted by molar-refractivity contribution is -0.158. The number of ether oxygens (including phenoxy) is 3. The summed E-state index contributed by atoms with van der Waals surface area (Å²) in [6.45, 7) is 14.6. The average molecular weight is 308 g/mol. The molecule has 0 spiro atoms. The lowest BCUT2D eigenvalue weighted by atomic mass is 9.94. The molecule has 3 nitrogen and oxygen atoms in total. The number of hydrogen-bond acceptors (Lipinski definition) is 3. The molecule has 0 bridgehead atoms. The summed E-state index contributed by atoms with van der Waals surface area (Å²) in [7, 11) is 0. The third kappa shape index (κ3) is 5.71. The van der Waals surface area contributed by atoms with Crippen LogP contribution < -0.4 is 0 Å². The molecule has 0 aliphatic heterocycles. The Morgan fingerprint density at radius 1 is 0.909 bits per heavy atom. The predicted octanol–water partition coefficient (Wildman–Crippen LogP) is 4.99. The van der Waals surface area contributed by atoms with E-state index < -0.39 is 0 Å². The summed E-state index contributed by atoms with van der Waals surface area (Å²) in [4.78, 5) is 0. The molecule has 0 fully saturated rings. The summed E-state index contributed by atoms with van der Waals surface area (Å²) < 4.78 is 17.3. The number of benzene rings is 1. The minimum absolute atomic E-state index is 0.00862. The zero-order chi connectivity index (χ0) is 16.5. The topological polar surface area (TPSA) is 27.7 Å². The van der Waals surface area contributed by atoms with Crippen LogP contribution in [0.5, 0.6) is 0 Å². The molecule has 0 heterocycles. The number of hydrogen-bond donors (Lipinski definition) is 0. The van der Waals surface area contributed by atoms with E-state index in [0.717, 1.165) is 6.42 Å². The van der Waals surface area contributed by atoms with Crippen molar-refractivity contribution in [2.24, 2.45) is 0 Å². The average Bonchev–Trinajstić information content (AvgIpc) is 2.47. The zero-order valence-corrected chi connectivity index (χ0v) is 15.0. The monoisotopic (exact) mass is 308 g/mol. The van der Waals surface area contributed by atoms with Gasteiger partial charge in [0, 0.05) is 26.2 Å². The van der Waals surface area contributed by atoms with Gasteiger partial charge in [0.25, 0.3) is 0 Å². The van der Waals surface area contributed by atoms with E-state index in [-0.39, 0.29) is 12.4 Å². The maximum Gasteiger partial charge on any atom is 0.160 e. The minimum Gasteiger partial charge on any atom is -0.374 e. The molecule has 0 saturated carbocycles. The Hall–Kier alpha value is -0.900. The van der Waals surface area contributed by atoms with E-state index in [4.69, 9.17) is 14.2 Å². The molecular formula is C19H32O3. The molecule has 1 atom stereocenters. The maximum atomic E-state index is 5.97. The Labute approximate surface area is 136 Å². The van der Waals surface area contributed by atoms with Crippen molar-refractivity contribution in [1.82, 2.24) is 0 Å². The van der Waals surface area contributed by atoms with Crippen LogP contribution in [0.3, 0.4) is 0 Å². The number of aryl methyl sites for hydroxylation is 1. The lowest BCUT2D eigenvalue weighted by Gasteiger charge is -2.25. The van der Waals surface area contributed by atoms with Gasteiger partial charge >= 0.3 is 0 Å². The van der Waals surface area contributed by atoms with Crippen LogP contribution in [0, 0.1) is 6.92 Å². The van der Waals surface area contributed by atoms with E-state index in [0.29, 0.717) is 25.7 Å². The van der Waals surface area contributed by atoms with Gasteiger partial charge in [0.1, 0.15) is 0 Å². The van der Waals surface area contributed by atoms with E-state index >= 15 is 0 Å². The molecule has 1 rings (SSSR count). The summed E-state index contributed by atoms with van der Waals surface area (Å²) in [5.41, 5.74) is 3.87. The van der Waals surface area contributed by atoms with Gasteiger partial charge in [-0.3, -0.25) is 0 Å². The first kappa shape index (κ1) is 19.1. The van der Waals surface area contributed by atoms with Crippen LogP contribution >= 0.6 is 0 Å². The molecule has 126 valence electrons. The summed E-state index contributed by atoms with van der Waals surface area (Å²) in [5, 5.41) is 0. The third-order valence-electron chi connectivity index (χ3n) is 3.79. The van der Waals surface area contributed by atoms with Crippen molar-refractivity contribution in [2.75, 3.05) is 19.8 Å². The largest absolute Gasteiger partial charge is 0.374 e. The van der Waals surface area contributed by atoms with Crippen LogP contribution in [0.15, 0.2) is 18.2 Å². The van der Waals surface area contributed by atoms with Crippen LogP contribution in [-0.2, 0) is 14.2 Å². The molecule has 1 unspecified atom stereocenters. The van der Waals surface area contributed by atoms with Gasteiger partial charge in [0.15, 0.2) is 6.29 Å². The van der Waals surface area contributed by atoms with Crippen molar-refractivity contribution in [3.8, 4) is 0 Å². The van der Waals surface area contributed by atoms with E-state index in [9.17, 15) is 0 Å². The smallest absolute Gasteiger partial charge is 0.160 e. The summed E-state index contributed by atoms with van der Waals surface area (Å²) in [6.07, 6.45) is 0.516. The molecule has 0 radical (unpaired) electrons. The first-order chi connectivity index (χ1) is 10.5. The Kier molecular flexibility index (Phi) is 8.69. The second-order valence-electron chi connectivity index (χ2n) is 5.79. The van der Waals surface area contributed by atoms with Crippen LogP contribution in [0.1, 0.15) is 69.8 Å². The van der Waals surface area contributed by atoms with Crippen molar-refractivity contribution >= 4 is 0 Å². The Morgan fingerprint density at radius 2 is 1.50 bits per heavy atom. The summed E-state index contributed by atoms with van der Waals surface area (Å²) in [6, 6.07) is 6.66. The molecule has 1 aromatic rings. The first-order valence-electron chi connectivity index (χ1n) is 8.48. The molecular weight excluding hydrogens is 276 g/mol. The molecule has 0 saturated heterocycles. The van der Waals surface area contributed by atoms with E-state index in [1.165, 1.54) is 16.7 Å². The molecule has 3 heteroatoms. The highest BCUT2D eigenvalue weighted by Crippen LogP contribution is 2.29. The fraction of sp³-hybridized carbons (Fsp3) is 0.684. The van der Waals surface area contributed by atoms with Crippen molar-refractivity contribution in [1.29, 1.82) is 0 Å². The standard InChI is InChI=1S/C19H32O3/c1-7-20-18(13-19(21-8-2)22-9-3)17-11-10-16(14(4)5)12-15(17)6/h10-12,14,18-19H,7-9,13H2,1-6H3. The van der Waals surface area contributed by atoms with Gasteiger partial charge in [0.05, 0.1) is 6.10 Å².